The number of nitrogens with one attached hydrogen (secondary N) is 1. The molecule has 0 atom stereocenters. The van der Waals surface area contributed by atoms with Crippen LogP contribution in [0.25, 0.3) is 0 Å². The van der Waals surface area contributed by atoms with Crippen LogP contribution in [0.5, 0.6) is 0 Å². The third-order valence-electron chi connectivity index (χ3n) is 4.23. The first-order valence-electron chi connectivity index (χ1n) is 7.39. The molecule has 0 aliphatic heterocycles. The monoisotopic (exact) mass is 294 g/mol. The highest BCUT2D eigenvalue weighted by atomic mass is 35.5. The molecule has 0 bridgehead atoms. The van der Waals surface area contributed by atoms with Gasteiger partial charge in [0, 0.05) is 12.1 Å². The fourth-order valence-electron chi connectivity index (χ4n) is 2.79. The van der Waals surface area contributed by atoms with Gasteiger partial charge in [0.25, 0.3) is 5.91 Å². The Labute approximate surface area is 125 Å². The van der Waals surface area contributed by atoms with E-state index in [4.69, 9.17) is 17.3 Å². The summed E-state index contributed by atoms with van der Waals surface area (Å²) in [5, 5.41) is 3.45. The lowest BCUT2D eigenvalue weighted by atomic mass is 9.81. The molecule has 1 aromatic carbocycles. The number of rotatable bonds is 4. The molecule has 0 heterocycles. The Bertz CT molecular complexity index is 468. The third kappa shape index (κ3) is 4.14. The first-order valence-corrected chi connectivity index (χ1v) is 7.77. The molecule has 20 heavy (non-hydrogen) atoms. The molecule has 0 saturated heterocycles. The highest BCUT2D eigenvalue weighted by molar-refractivity contribution is 6.33. The Kier molecular flexibility index (Phi) is 5.30. The summed E-state index contributed by atoms with van der Waals surface area (Å²) in [7, 11) is 0. The number of benzene rings is 1. The van der Waals surface area contributed by atoms with Gasteiger partial charge in [-0.15, -0.1) is 0 Å². The summed E-state index contributed by atoms with van der Waals surface area (Å²) in [5.41, 5.74) is 6.72. The predicted octanol–water partition coefficient (Wildman–Crippen LogP) is 3.87. The van der Waals surface area contributed by atoms with Gasteiger partial charge in [-0.25, -0.2) is 0 Å². The van der Waals surface area contributed by atoms with Gasteiger partial charge in [-0.05, 0) is 36.5 Å². The molecular weight excluding hydrogens is 272 g/mol. The number of hydrogen-bond acceptors (Lipinski definition) is 2. The van der Waals surface area contributed by atoms with Gasteiger partial charge in [0.2, 0.25) is 0 Å². The maximum atomic E-state index is 12.0. The highest BCUT2D eigenvalue weighted by Gasteiger charge is 2.18. The third-order valence-corrected chi connectivity index (χ3v) is 4.58. The van der Waals surface area contributed by atoms with Gasteiger partial charge in [-0.2, -0.15) is 0 Å². The molecular formula is C16H23ClN2O. The lowest BCUT2D eigenvalue weighted by Gasteiger charge is -2.26. The topological polar surface area (TPSA) is 55.1 Å². The van der Waals surface area contributed by atoms with E-state index in [1.54, 1.807) is 18.2 Å². The van der Waals surface area contributed by atoms with Crippen molar-refractivity contribution in [2.45, 2.75) is 39.0 Å². The summed E-state index contributed by atoms with van der Waals surface area (Å²) in [4.78, 5) is 12.0. The van der Waals surface area contributed by atoms with Gasteiger partial charge in [0.15, 0.2) is 0 Å². The maximum Gasteiger partial charge on any atom is 0.251 e. The molecule has 1 aliphatic rings. The average Bonchev–Trinajstić information content (AvgIpc) is 2.44. The standard InChI is InChI=1S/C16H23ClN2O/c1-11-2-4-12(5-3-11)8-9-19-16(20)13-6-7-14(17)15(18)10-13/h6-7,10-12H,2-5,8-9,18H2,1H3,(H,19,20). The molecule has 110 valence electrons. The summed E-state index contributed by atoms with van der Waals surface area (Å²) in [6.07, 6.45) is 6.32. The minimum absolute atomic E-state index is 0.0717. The van der Waals surface area contributed by atoms with E-state index in [1.165, 1.54) is 25.7 Å². The first-order chi connectivity index (χ1) is 9.56. The summed E-state index contributed by atoms with van der Waals surface area (Å²) < 4.78 is 0. The van der Waals surface area contributed by atoms with Gasteiger partial charge in [-0.1, -0.05) is 44.2 Å². The average molecular weight is 295 g/mol. The molecule has 0 unspecified atom stereocenters. The molecule has 1 fully saturated rings. The van der Waals surface area contributed by atoms with Crippen molar-refractivity contribution in [1.29, 1.82) is 0 Å². The van der Waals surface area contributed by atoms with Gasteiger partial charge < -0.3 is 11.1 Å². The number of nitrogen functional groups attached to an aromatic ring is 1. The number of hydrogen-bond donors (Lipinski definition) is 2. The second kappa shape index (κ2) is 6.98. The number of anilines is 1. The number of amides is 1. The van der Waals surface area contributed by atoms with Crippen molar-refractivity contribution in [3.8, 4) is 0 Å². The number of nitrogens with two attached hydrogens (primary N) is 1. The van der Waals surface area contributed by atoms with E-state index >= 15 is 0 Å². The molecule has 1 aromatic rings. The Balaban J connectivity index is 1.76. The fourth-order valence-corrected chi connectivity index (χ4v) is 2.91. The van der Waals surface area contributed by atoms with Crippen molar-refractivity contribution >= 4 is 23.2 Å². The van der Waals surface area contributed by atoms with E-state index < -0.39 is 0 Å². The van der Waals surface area contributed by atoms with E-state index in [0.29, 0.717) is 16.3 Å². The van der Waals surface area contributed by atoms with Crippen LogP contribution in [0.4, 0.5) is 5.69 Å². The Morgan fingerprint density at radius 3 is 2.70 bits per heavy atom. The zero-order valence-corrected chi connectivity index (χ0v) is 12.7. The zero-order chi connectivity index (χ0) is 14.5. The molecule has 3 N–H and O–H groups in total. The van der Waals surface area contributed by atoms with E-state index in [-0.39, 0.29) is 5.91 Å². The predicted molar refractivity (Wildman–Crippen MR) is 83.9 cm³/mol. The molecule has 3 nitrogen and oxygen atoms in total. The molecule has 4 heteroatoms. The second-order valence-electron chi connectivity index (χ2n) is 5.91. The van der Waals surface area contributed by atoms with Crippen LogP contribution >= 0.6 is 11.6 Å². The van der Waals surface area contributed by atoms with E-state index in [0.717, 1.165) is 24.8 Å². The van der Waals surface area contributed by atoms with Crippen molar-refractivity contribution in [1.82, 2.24) is 5.32 Å². The second-order valence-corrected chi connectivity index (χ2v) is 6.31. The quantitative estimate of drug-likeness (QED) is 0.828. The molecule has 1 aliphatic carbocycles. The van der Waals surface area contributed by atoms with Crippen molar-refractivity contribution in [2.75, 3.05) is 12.3 Å². The van der Waals surface area contributed by atoms with Crippen LogP contribution in [0.3, 0.4) is 0 Å². The summed E-state index contributed by atoms with van der Waals surface area (Å²) in [6.45, 7) is 3.06. The van der Waals surface area contributed by atoms with Crippen molar-refractivity contribution in [3.05, 3.63) is 28.8 Å². The van der Waals surface area contributed by atoms with Gasteiger partial charge >= 0.3 is 0 Å². The van der Waals surface area contributed by atoms with Gasteiger partial charge in [0.05, 0.1) is 10.7 Å². The van der Waals surface area contributed by atoms with Gasteiger partial charge in [-0.3, -0.25) is 4.79 Å². The smallest absolute Gasteiger partial charge is 0.251 e. The fraction of sp³-hybridized carbons (Fsp3) is 0.562. The van der Waals surface area contributed by atoms with Crippen molar-refractivity contribution in [3.63, 3.8) is 0 Å². The molecule has 1 saturated carbocycles. The molecule has 2 rings (SSSR count). The van der Waals surface area contributed by atoms with Crippen molar-refractivity contribution in [2.24, 2.45) is 11.8 Å². The van der Waals surface area contributed by atoms with Crippen LogP contribution in [-0.2, 0) is 0 Å². The van der Waals surface area contributed by atoms with Crippen LogP contribution in [0.2, 0.25) is 5.02 Å². The lowest BCUT2D eigenvalue weighted by Crippen LogP contribution is -2.27. The zero-order valence-electron chi connectivity index (χ0n) is 12.0. The van der Waals surface area contributed by atoms with E-state index in [1.807, 2.05) is 0 Å². The summed E-state index contributed by atoms with van der Waals surface area (Å²) in [6, 6.07) is 4.99. The summed E-state index contributed by atoms with van der Waals surface area (Å²) >= 11 is 5.85. The number of carbonyl (C=O) groups excluding carboxylic acids is 1. The Hall–Kier alpha value is -1.22. The molecule has 0 spiro atoms. The van der Waals surface area contributed by atoms with E-state index in [2.05, 4.69) is 12.2 Å². The number of carbonyl (C=O) groups is 1. The summed E-state index contributed by atoms with van der Waals surface area (Å²) in [5.74, 6) is 1.57. The first kappa shape index (κ1) is 15.2. The Morgan fingerprint density at radius 2 is 2.05 bits per heavy atom. The highest BCUT2D eigenvalue weighted by Crippen LogP contribution is 2.30. The van der Waals surface area contributed by atoms with E-state index in [9.17, 15) is 4.79 Å². The largest absolute Gasteiger partial charge is 0.398 e. The van der Waals surface area contributed by atoms with Crippen molar-refractivity contribution < 1.29 is 4.79 Å². The van der Waals surface area contributed by atoms with Crippen LogP contribution in [0.1, 0.15) is 49.4 Å². The molecule has 1 amide bonds. The van der Waals surface area contributed by atoms with Crippen LogP contribution in [0.15, 0.2) is 18.2 Å². The molecule has 0 aromatic heterocycles. The van der Waals surface area contributed by atoms with Crippen LogP contribution in [-0.4, -0.2) is 12.5 Å². The molecule has 0 radical (unpaired) electrons. The normalized spacial score (nSPS) is 22.5. The number of halogens is 1. The lowest BCUT2D eigenvalue weighted by molar-refractivity contribution is 0.0949. The van der Waals surface area contributed by atoms with Crippen LogP contribution in [0, 0.1) is 11.8 Å². The van der Waals surface area contributed by atoms with Crippen LogP contribution < -0.4 is 11.1 Å². The SMILES string of the molecule is CC1CCC(CCNC(=O)c2ccc(Cl)c(N)c2)CC1. The minimum Gasteiger partial charge on any atom is -0.398 e. The van der Waals surface area contributed by atoms with Gasteiger partial charge in [0.1, 0.15) is 0 Å². The Morgan fingerprint density at radius 1 is 1.35 bits per heavy atom. The minimum atomic E-state index is -0.0717. The maximum absolute atomic E-state index is 12.0.